The molecule has 7 heteroatoms. The number of rotatable bonds is 6. The van der Waals surface area contributed by atoms with E-state index < -0.39 is 0 Å². The van der Waals surface area contributed by atoms with Gasteiger partial charge in [0.05, 0.1) is 5.69 Å². The Morgan fingerprint density at radius 3 is 2.64 bits per heavy atom. The highest BCUT2D eigenvalue weighted by molar-refractivity contribution is 7.13. The number of carbonyl (C=O) groups excluding carboxylic acids is 2. The molecule has 6 nitrogen and oxygen atoms in total. The smallest absolute Gasteiger partial charge is 0.321 e. The summed E-state index contributed by atoms with van der Waals surface area (Å²) in [6, 6.07) is 5.96. The van der Waals surface area contributed by atoms with Gasteiger partial charge in [-0.15, -0.1) is 11.3 Å². The minimum Gasteiger partial charge on any atom is -0.335 e. The largest absolute Gasteiger partial charge is 0.335 e. The van der Waals surface area contributed by atoms with Gasteiger partial charge in [0.25, 0.3) is 0 Å². The van der Waals surface area contributed by atoms with E-state index in [9.17, 15) is 9.59 Å². The maximum Gasteiger partial charge on any atom is 0.321 e. The summed E-state index contributed by atoms with van der Waals surface area (Å²) < 4.78 is 0. The van der Waals surface area contributed by atoms with E-state index in [-0.39, 0.29) is 18.0 Å². The number of nitrogens with zero attached hydrogens (tertiary/aromatic N) is 1. The summed E-state index contributed by atoms with van der Waals surface area (Å²) in [4.78, 5) is 28.7. The van der Waals surface area contributed by atoms with Gasteiger partial charge in [0, 0.05) is 23.5 Å². The summed E-state index contributed by atoms with van der Waals surface area (Å²) in [6.07, 6.45) is 6.60. The zero-order valence-electron chi connectivity index (χ0n) is 16.5. The Balaban J connectivity index is 1.42. The summed E-state index contributed by atoms with van der Waals surface area (Å²) in [5.74, 6) is -0.0409. The molecule has 0 aliphatic heterocycles. The molecule has 3 amide bonds. The van der Waals surface area contributed by atoms with Crippen LogP contribution < -0.4 is 16.0 Å². The maximum absolute atomic E-state index is 12.2. The first-order valence-corrected chi connectivity index (χ1v) is 10.8. The lowest BCUT2D eigenvalue weighted by molar-refractivity contribution is -0.116. The minimum absolute atomic E-state index is 0.0409. The topological polar surface area (TPSA) is 83.1 Å². The fraction of sp³-hybridized carbons (Fsp3) is 0.476. The number of carbonyl (C=O) groups is 2. The van der Waals surface area contributed by atoms with E-state index in [4.69, 9.17) is 0 Å². The van der Waals surface area contributed by atoms with Crippen LogP contribution in [-0.2, 0) is 11.2 Å². The molecular weight excluding hydrogens is 372 g/mol. The van der Waals surface area contributed by atoms with E-state index in [0.717, 1.165) is 29.8 Å². The van der Waals surface area contributed by atoms with Gasteiger partial charge in [0.1, 0.15) is 0 Å². The molecule has 3 N–H and O–H groups in total. The fourth-order valence-electron chi connectivity index (χ4n) is 3.33. The highest BCUT2D eigenvalue weighted by atomic mass is 32.1. The molecule has 0 radical (unpaired) electrons. The number of anilines is 2. The van der Waals surface area contributed by atoms with Gasteiger partial charge >= 0.3 is 6.03 Å². The summed E-state index contributed by atoms with van der Waals surface area (Å²) in [6.45, 7) is 4.07. The van der Waals surface area contributed by atoms with Gasteiger partial charge in [-0.1, -0.05) is 25.3 Å². The van der Waals surface area contributed by atoms with Crippen molar-refractivity contribution in [1.82, 2.24) is 10.3 Å². The van der Waals surface area contributed by atoms with Crippen LogP contribution in [-0.4, -0.2) is 23.0 Å². The molecule has 2 aromatic rings. The van der Waals surface area contributed by atoms with E-state index in [0.29, 0.717) is 18.0 Å². The van der Waals surface area contributed by atoms with Crippen molar-refractivity contribution in [2.45, 2.75) is 64.8 Å². The average Bonchev–Trinajstić information content (AvgIpc) is 3.11. The maximum atomic E-state index is 12.2. The zero-order chi connectivity index (χ0) is 19.9. The second-order valence-electron chi connectivity index (χ2n) is 7.42. The molecular formula is C21H28N4O2S. The van der Waals surface area contributed by atoms with E-state index in [2.05, 4.69) is 20.9 Å². The van der Waals surface area contributed by atoms with Gasteiger partial charge in [0.2, 0.25) is 5.91 Å². The Kier molecular flexibility index (Phi) is 7.03. The molecule has 150 valence electrons. The van der Waals surface area contributed by atoms with Crippen molar-refractivity contribution in [3.63, 3.8) is 0 Å². The third-order valence-corrected chi connectivity index (χ3v) is 5.92. The molecule has 0 unspecified atom stereocenters. The SMILES string of the molecule is Cc1ccc(NC(=O)CCc2csc(NC(=O)NC3CCCCC3)n2)cc1C. The van der Waals surface area contributed by atoms with E-state index in [1.165, 1.54) is 36.2 Å². The van der Waals surface area contributed by atoms with E-state index in [1.54, 1.807) is 0 Å². The van der Waals surface area contributed by atoms with Gasteiger partial charge in [-0.2, -0.15) is 0 Å². The Labute approximate surface area is 170 Å². The molecule has 1 aliphatic rings. The second kappa shape index (κ2) is 9.68. The monoisotopic (exact) mass is 400 g/mol. The first kappa shape index (κ1) is 20.3. The number of hydrogen-bond acceptors (Lipinski definition) is 4. The molecule has 1 aromatic heterocycles. The first-order valence-electron chi connectivity index (χ1n) is 9.88. The number of amides is 3. The lowest BCUT2D eigenvalue weighted by Crippen LogP contribution is -2.38. The minimum atomic E-state index is -0.194. The van der Waals surface area contributed by atoms with Gasteiger partial charge in [-0.05, 0) is 56.4 Å². The van der Waals surface area contributed by atoms with Gasteiger partial charge in [0.15, 0.2) is 5.13 Å². The van der Waals surface area contributed by atoms with Crippen molar-refractivity contribution in [2.24, 2.45) is 0 Å². The molecule has 0 bridgehead atoms. The van der Waals surface area contributed by atoms with Crippen LogP contribution >= 0.6 is 11.3 Å². The molecule has 28 heavy (non-hydrogen) atoms. The van der Waals surface area contributed by atoms with Crippen molar-refractivity contribution in [1.29, 1.82) is 0 Å². The standard InChI is InChI=1S/C21H28N4O2S/c1-14-8-9-17(12-15(14)2)22-19(26)11-10-18-13-28-21(24-18)25-20(27)23-16-6-4-3-5-7-16/h8-9,12-13,16H,3-7,10-11H2,1-2H3,(H,22,26)(H2,23,24,25,27). The fourth-order valence-corrected chi connectivity index (χ4v) is 4.07. The third kappa shape index (κ3) is 6.05. The highest BCUT2D eigenvalue weighted by Crippen LogP contribution is 2.20. The van der Waals surface area contributed by atoms with Crippen LogP contribution in [0.15, 0.2) is 23.6 Å². The Bertz CT molecular complexity index is 828. The van der Waals surface area contributed by atoms with Gasteiger partial charge in [-0.25, -0.2) is 9.78 Å². The van der Waals surface area contributed by atoms with Crippen molar-refractivity contribution in [2.75, 3.05) is 10.6 Å². The first-order chi connectivity index (χ1) is 13.5. The number of aromatic nitrogens is 1. The van der Waals surface area contributed by atoms with Crippen LogP contribution in [0.25, 0.3) is 0 Å². The quantitative estimate of drug-likeness (QED) is 0.652. The second-order valence-corrected chi connectivity index (χ2v) is 8.28. The molecule has 0 atom stereocenters. The summed E-state index contributed by atoms with van der Waals surface area (Å²) in [5, 5.41) is 11.2. The number of thiazole rings is 1. The summed E-state index contributed by atoms with van der Waals surface area (Å²) in [7, 11) is 0. The van der Waals surface area contributed by atoms with Crippen LogP contribution in [0.4, 0.5) is 15.6 Å². The zero-order valence-corrected chi connectivity index (χ0v) is 17.3. The van der Waals surface area contributed by atoms with Crippen LogP contribution in [0.3, 0.4) is 0 Å². The lowest BCUT2D eigenvalue weighted by atomic mass is 9.96. The predicted octanol–water partition coefficient (Wildman–Crippen LogP) is 4.79. The molecule has 1 fully saturated rings. The molecule has 1 heterocycles. The number of urea groups is 1. The van der Waals surface area contributed by atoms with E-state index >= 15 is 0 Å². The Morgan fingerprint density at radius 2 is 1.89 bits per heavy atom. The van der Waals surface area contributed by atoms with Crippen molar-refractivity contribution < 1.29 is 9.59 Å². The van der Waals surface area contributed by atoms with Crippen LogP contribution in [0.1, 0.15) is 55.3 Å². The summed E-state index contributed by atoms with van der Waals surface area (Å²) in [5.41, 5.74) is 3.98. The molecule has 1 aliphatic carbocycles. The van der Waals surface area contributed by atoms with Crippen LogP contribution in [0.5, 0.6) is 0 Å². The van der Waals surface area contributed by atoms with Crippen LogP contribution in [0, 0.1) is 13.8 Å². The summed E-state index contributed by atoms with van der Waals surface area (Å²) >= 11 is 1.38. The van der Waals surface area contributed by atoms with Gasteiger partial charge in [-0.3, -0.25) is 10.1 Å². The predicted molar refractivity (Wildman–Crippen MR) is 114 cm³/mol. The Hall–Kier alpha value is -2.41. The van der Waals surface area contributed by atoms with Crippen LogP contribution in [0.2, 0.25) is 0 Å². The number of benzene rings is 1. The van der Waals surface area contributed by atoms with Crippen molar-refractivity contribution in [3.05, 3.63) is 40.4 Å². The molecule has 3 rings (SSSR count). The molecule has 0 saturated heterocycles. The van der Waals surface area contributed by atoms with E-state index in [1.807, 2.05) is 37.4 Å². The van der Waals surface area contributed by atoms with Crippen molar-refractivity contribution >= 4 is 34.1 Å². The van der Waals surface area contributed by atoms with Gasteiger partial charge < -0.3 is 10.6 Å². The number of hydrogen-bond donors (Lipinski definition) is 3. The normalized spacial score (nSPS) is 14.5. The highest BCUT2D eigenvalue weighted by Gasteiger charge is 2.16. The average molecular weight is 401 g/mol. The Morgan fingerprint density at radius 1 is 1.11 bits per heavy atom. The van der Waals surface area contributed by atoms with Crippen molar-refractivity contribution in [3.8, 4) is 0 Å². The lowest BCUT2D eigenvalue weighted by Gasteiger charge is -2.22. The number of aryl methyl sites for hydroxylation is 3. The molecule has 1 aromatic carbocycles. The molecule has 0 spiro atoms. The number of nitrogens with one attached hydrogen (secondary N) is 3. The third-order valence-electron chi connectivity index (χ3n) is 5.11. The molecule has 1 saturated carbocycles.